The molecule has 1 saturated carbocycles. The van der Waals surface area contributed by atoms with Crippen LogP contribution in [0, 0.1) is 0 Å². The molecule has 9 heteroatoms. The summed E-state index contributed by atoms with van der Waals surface area (Å²) in [5.41, 5.74) is -1.68. The number of hydrogen-bond acceptors (Lipinski definition) is 9. The van der Waals surface area contributed by atoms with Crippen molar-refractivity contribution in [3.8, 4) is 11.5 Å². The molecular formula is C20H26O9. The highest BCUT2D eigenvalue weighted by molar-refractivity contribution is 5.87. The highest BCUT2D eigenvalue weighted by Gasteiger charge is 2.51. The second kappa shape index (κ2) is 9.73. The van der Waals surface area contributed by atoms with Gasteiger partial charge in [0.25, 0.3) is 0 Å². The summed E-state index contributed by atoms with van der Waals surface area (Å²) in [6.45, 7) is 2.02. The summed E-state index contributed by atoms with van der Waals surface area (Å²) in [5.74, 6) is -2.50. The van der Waals surface area contributed by atoms with Gasteiger partial charge < -0.3 is 35.0 Å². The number of hydrogen-bond donors (Lipinski definition) is 5. The lowest BCUT2D eigenvalue weighted by molar-refractivity contribution is -0.200. The van der Waals surface area contributed by atoms with E-state index in [1.54, 1.807) is 0 Å². The number of rotatable bonds is 7. The summed E-state index contributed by atoms with van der Waals surface area (Å²) in [4.78, 5) is 24.3. The number of esters is 2. The molecule has 0 spiro atoms. The van der Waals surface area contributed by atoms with Crippen LogP contribution in [0.1, 0.15) is 38.2 Å². The first kappa shape index (κ1) is 22.7. The van der Waals surface area contributed by atoms with Gasteiger partial charge in [0.2, 0.25) is 0 Å². The average molecular weight is 410 g/mol. The fourth-order valence-corrected chi connectivity index (χ4v) is 2.97. The molecular weight excluding hydrogens is 384 g/mol. The van der Waals surface area contributed by atoms with E-state index in [0.29, 0.717) is 12.0 Å². The van der Waals surface area contributed by atoms with E-state index in [1.807, 2.05) is 6.92 Å². The highest BCUT2D eigenvalue weighted by atomic mass is 16.6. The zero-order valence-electron chi connectivity index (χ0n) is 16.0. The molecule has 0 bridgehead atoms. The van der Waals surface area contributed by atoms with Crippen molar-refractivity contribution in [3.05, 3.63) is 29.8 Å². The summed E-state index contributed by atoms with van der Waals surface area (Å²) in [5, 5.41) is 49.4. The Labute approximate surface area is 167 Å². The molecule has 1 aromatic rings. The quantitative estimate of drug-likeness (QED) is 0.188. The van der Waals surface area contributed by atoms with Crippen molar-refractivity contribution in [1.29, 1.82) is 0 Å². The van der Waals surface area contributed by atoms with Crippen LogP contribution >= 0.6 is 0 Å². The van der Waals surface area contributed by atoms with Crippen LogP contribution in [0.5, 0.6) is 11.5 Å². The Balaban J connectivity index is 2.03. The monoisotopic (exact) mass is 410 g/mol. The molecule has 0 radical (unpaired) electrons. The number of aromatic hydroxyl groups is 2. The van der Waals surface area contributed by atoms with Gasteiger partial charge in [0, 0.05) is 18.9 Å². The number of phenolic OH excluding ortho intramolecular Hbond substituents is 2. The lowest BCUT2D eigenvalue weighted by atomic mass is 9.79. The van der Waals surface area contributed by atoms with Crippen molar-refractivity contribution >= 4 is 18.0 Å². The van der Waals surface area contributed by atoms with Crippen LogP contribution in [0.3, 0.4) is 0 Å². The van der Waals surface area contributed by atoms with E-state index in [0.717, 1.165) is 12.5 Å². The molecule has 2 rings (SSSR count). The number of carbonyl (C=O) groups excluding carboxylic acids is 2. The number of ether oxygens (including phenoxy) is 2. The molecule has 160 valence electrons. The molecule has 0 saturated heterocycles. The van der Waals surface area contributed by atoms with Crippen LogP contribution in [0.15, 0.2) is 24.3 Å². The van der Waals surface area contributed by atoms with E-state index in [9.17, 15) is 35.1 Å². The van der Waals surface area contributed by atoms with Gasteiger partial charge in [-0.15, -0.1) is 0 Å². The number of phenols is 2. The van der Waals surface area contributed by atoms with Crippen molar-refractivity contribution in [2.45, 2.75) is 56.5 Å². The van der Waals surface area contributed by atoms with E-state index < -0.39 is 48.7 Å². The van der Waals surface area contributed by atoms with Crippen molar-refractivity contribution in [2.24, 2.45) is 0 Å². The SMILES string of the molecule is CCCCOC(=O)[C@]1(O)C[C@@H](O)[C@@H](O)[C@H](OC(=O)/C=C/c2ccc(O)c(O)c2)C1. The van der Waals surface area contributed by atoms with E-state index in [4.69, 9.17) is 9.47 Å². The molecule has 0 amide bonds. The summed E-state index contributed by atoms with van der Waals surface area (Å²) in [6, 6.07) is 3.92. The third kappa shape index (κ3) is 5.93. The summed E-state index contributed by atoms with van der Waals surface area (Å²) in [7, 11) is 0. The predicted octanol–water partition coefficient (Wildman–Crippen LogP) is 0.613. The van der Waals surface area contributed by atoms with Crippen LogP contribution in [0.4, 0.5) is 0 Å². The summed E-state index contributed by atoms with van der Waals surface area (Å²) >= 11 is 0. The van der Waals surface area contributed by atoms with Crippen LogP contribution in [-0.2, 0) is 19.1 Å². The summed E-state index contributed by atoms with van der Waals surface area (Å²) < 4.78 is 10.1. The Morgan fingerprint density at radius 3 is 2.59 bits per heavy atom. The molecule has 1 fully saturated rings. The van der Waals surface area contributed by atoms with Gasteiger partial charge in [-0.1, -0.05) is 19.4 Å². The average Bonchev–Trinajstić information content (AvgIpc) is 2.67. The molecule has 5 N–H and O–H groups in total. The van der Waals surface area contributed by atoms with Crippen molar-refractivity contribution < 1.29 is 44.6 Å². The third-order valence-corrected chi connectivity index (χ3v) is 4.65. The molecule has 1 aliphatic carbocycles. The molecule has 29 heavy (non-hydrogen) atoms. The van der Waals surface area contributed by atoms with Crippen LogP contribution in [0.2, 0.25) is 0 Å². The number of benzene rings is 1. The largest absolute Gasteiger partial charge is 0.504 e. The van der Waals surface area contributed by atoms with E-state index in [-0.39, 0.29) is 18.1 Å². The maximum Gasteiger partial charge on any atom is 0.338 e. The maximum atomic E-state index is 12.2. The number of carbonyl (C=O) groups is 2. The Morgan fingerprint density at radius 1 is 1.21 bits per heavy atom. The normalized spacial score (nSPS) is 27.0. The lowest BCUT2D eigenvalue weighted by Crippen LogP contribution is -2.57. The van der Waals surface area contributed by atoms with Crippen LogP contribution in [-0.4, -0.2) is 68.0 Å². The van der Waals surface area contributed by atoms with Gasteiger partial charge in [-0.05, 0) is 30.2 Å². The van der Waals surface area contributed by atoms with Gasteiger partial charge in [-0.3, -0.25) is 0 Å². The van der Waals surface area contributed by atoms with Gasteiger partial charge >= 0.3 is 11.9 Å². The minimum atomic E-state index is -2.08. The first-order chi connectivity index (χ1) is 13.7. The van der Waals surface area contributed by atoms with Gasteiger partial charge in [0.15, 0.2) is 17.1 Å². The minimum Gasteiger partial charge on any atom is -0.504 e. The first-order valence-corrected chi connectivity index (χ1v) is 9.32. The second-order valence-corrected chi connectivity index (χ2v) is 7.04. The fourth-order valence-electron chi connectivity index (χ4n) is 2.97. The second-order valence-electron chi connectivity index (χ2n) is 7.04. The van der Waals surface area contributed by atoms with Crippen LogP contribution in [0.25, 0.3) is 6.08 Å². The molecule has 0 aromatic heterocycles. The molecule has 9 nitrogen and oxygen atoms in total. The van der Waals surface area contributed by atoms with Gasteiger partial charge in [0.05, 0.1) is 12.7 Å². The van der Waals surface area contributed by atoms with E-state index >= 15 is 0 Å². The summed E-state index contributed by atoms with van der Waals surface area (Å²) in [6.07, 6.45) is -1.42. The molecule has 4 atom stereocenters. The lowest BCUT2D eigenvalue weighted by Gasteiger charge is -2.39. The molecule has 1 aromatic carbocycles. The Bertz CT molecular complexity index is 760. The zero-order chi connectivity index (χ0) is 21.6. The molecule has 0 heterocycles. The minimum absolute atomic E-state index is 0.114. The van der Waals surface area contributed by atoms with Crippen molar-refractivity contribution in [1.82, 2.24) is 0 Å². The van der Waals surface area contributed by atoms with Crippen LogP contribution < -0.4 is 0 Å². The standard InChI is InChI=1S/C20H26O9/c1-2-3-8-28-19(26)20(27)10-15(23)18(25)16(11-20)29-17(24)7-5-12-4-6-13(21)14(22)9-12/h4-7,9,15-16,18,21-23,25,27H,2-3,8,10-11H2,1H3/b7-5+/t15-,16-,18-,20+/m1/s1. The Hall–Kier alpha value is -2.62. The number of aliphatic hydroxyl groups is 3. The Morgan fingerprint density at radius 2 is 1.93 bits per heavy atom. The first-order valence-electron chi connectivity index (χ1n) is 9.32. The van der Waals surface area contributed by atoms with Gasteiger partial charge in [-0.25, -0.2) is 9.59 Å². The zero-order valence-corrected chi connectivity index (χ0v) is 16.0. The van der Waals surface area contributed by atoms with E-state index in [1.165, 1.54) is 24.3 Å². The molecule has 0 aliphatic heterocycles. The Kier molecular flexibility index (Phi) is 7.60. The maximum absolute atomic E-state index is 12.2. The van der Waals surface area contributed by atoms with Crippen molar-refractivity contribution in [3.63, 3.8) is 0 Å². The number of aliphatic hydroxyl groups excluding tert-OH is 2. The number of unbranched alkanes of at least 4 members (excludes halogenated alkanes) is 1. The van der Waals surface area contributed by atoms with Gasteiger partial charge in [-0.2, -0.15) is 0 Å². The topological polar surface area (TPSA) is 154 Å². The highest BCUT2D eigenvalue weighted by Crippen LogP contribution is 2.32. The molecule has 1 aliphatic rings. The predicted molar refractivity (Wildman–Crippen MR) is 101 cm³/mol. The fraction of sp³-hybridized carbons (Fsp3) is 0.500. The van der Waals surface area contributed by atoms with Gasteiger partial charge in [0.1, 0.15) is 12.2 Å². The van der Waals surface area contributed by atoms with Crippen molar-refractivity contribution in [2.75, 3.05) is 6.61 Å². The third-order valence-electron chi connectivity index (χ3n) is 4.65. The smallest absolute Gasteiger partial charge is 0.338 e. The van der Waals surface area contributed by atoms with E-state index in [2.05, 4.69) is 0 Å². The molecule has 0 unspecified atom stereocenters.